The van der Waals surface area contributed by atoms with Crippen LogP contribution in [0.2, 0.25) is 0 Å². The van der Waals surface area contributed by atoms with Gasteiger partial charge in [0.1, 0.15) is 0 Å². The molecule has 1 unspecified atom stereocenters. The summed E-state index contributed by atoms with van der Waals surface area (Å²) in [6.45, 7) is 11.8. The summed E-state index contributed by atoms with van der Waals surface area (Å²) in [6.07, 6.45) is 2.12. The molecule has 5 nitrogen and oxygen atoms in total. The number of hydrogen-bond donors (Lipinski definition) is 0. The monoisotopic (exact) mass is 309 g/mol. The predicted octanol–water partition coefficient (Wildman–Crippen LogP) is 1.96. The van der Waals surface area contributed by atoms with Gasteiger partial charge >= 0.3 is 0 Å². The van der Waals surface area contributed by atoms with Crippen molar-refractivity contribution >= 4 is 9.39 Å². The van der Waals surface area contributed by atoms with Crippen LogP contribution >= 0.6 is 9.39 Å². The first-order valence-electron chi connectivity index (χ1n) is 7.61. The minimum absolute atomic E-state index is 0.670. The molecule has 0 aromatic carbocycles. The largest absolute Gasteiger partial charge is 0.379 e. The Morgan fingerprint density at radius 3 is 1.30 bits per heavy atom. The van der Waals surface area contributed by atoms with Gasteiger partial charge in [0.2, 0.25) is 0 Å². The van der Waals surface area contributed by atoms with Crippen LogP contribution in [0.4, 0.5) is 0 Å². The van der Waals surface area contributed by atoms with Gasteiger partial charge in [-0.25, -0.2) is 0 Å². The average molecular weight is 309 g/mol. The molecule has 122 valence electrons. The lowest BCUT2D eigenvalue weighted by molar-refractivity contribution is 0.0356. The molecule has 0 aromatic rings. The lowest BCUT2D eigenvalue weighted by Gasteiger charge is -2.16. The van der Waals surface area contributed by atoms with Crippen LogP contribution < -0.4 is 0 Å². The molecule has 0 N–H and O–H groups in total. The molecule has 20 heavy (non-hydrogen) atoms. The molecule has 6 heteroatoms. The first kappa shape index (κ1) is 20.2. The highest BCUT2D eigenvalue weighted by Gasteiger charge is 1.98. The maximum Gasteiger partial charge on any atom is 0.0701 e. The van der Waals surface area contributed by atoms with Crippen molar-refractivity contribution in [2.75, 3.05) is 65.9 Å². The lowest BCUT2D eigenvalue weighted by Crippen LogP contribution is -2.23. The molecule has 1 atom stereocenters. The maximum atomic E-state index is 5.48. The van der Waals surface area contributed by atoms with Gasteiger partial charge in [-0.2, -0.15) is 0 Å². The molecule has 0 spiro atoms. The van der Waals surface area contributed by atoms with E-state index in [4.69, 9.17) is 18.9 Å². The van der Waals surface area contributed by atoms with Gasteiger partial charge in [0, 0.05) is 26.3 Å². The van der Waals surface area contributed by atoms with E-state index in [1.807, 2.05) is 0 Å². The second-order valence-corrected chi connectivity index (χ2v) is 5.22. The molecule has 0 aromatic heterocycles. The summed E-state index contributed by atoms with van der Waals surface area (Å²) in [5.41, 5.74) is 0. The van der Waals surface area contributed by atoms with E-state index in [2.05, 4.69) is 27.9 Å². The lowest BCUT2D eigenvalue weighted by atomic mass is 10.5. The summed E-state index contributed by atoms with van der Waals surface area (Å²) in [5.74, 6) is 0. The fraction of sp³-hybridized carbons (Fsp3) is 1.00. The Labute approximate surface area is 126 Å². The van der Waals surface area contributed by atoms with Gasteiger partial charge in [-0.1, -0.05) is 23.2 Å². The van der Waals surface area contributed by atoms with E-state index in [0.717, 1.165) is 52.4 Å². The van der Waals surface area contributed by atoms with E-state index in [9.17, 15) is 0 Å². The van der Waals surface area contributed by atoms with Crippen molar-refractivity contribution in [2.24, 2.45) is 0 Å². The van der Waals surface area contributed by atoms with Crippen LogP contribution in [0, 0.1) is 0 Å². The molecule has 0 heterocycles. The van der Waals surface area contributed by atoms with Crippen LogP contribution in [0.1, 0.15) is 26.7 Å². The van der Waals surface area contributed by atoms with E-state index < -0.39 is 0 Å². The molecular formula is C14H32NO4P. The Balaban J connectivity index is 3.11. The molecule has 0 aliphatic heterocycles. The van der Waals surface area contributed by atoms with Crippen LogP contribution in [-0.2, 0) is 18.9 Å². The van der Waals surface area contributed by atoms with Crippen molar-refractivity contribution in [1.29, 1.82) is 0 Å². The molecule has 0 bridgehead atoms. The molecule has 0 saturated carbocycles. The van der Waals surface area contributed by atoms with Crippen LogP contribution in [-0.4, -0.2) is 70.6 Å². The zero-order valence-corrected chi connectivity index (χ0v) is 14.3. The van der Waals surface area contributed by atoms with Crippen molar-refractivity contribution < 1.29 is 18.9 Å². The molecule has 0 aliphatic carbocycles. The van der Waals surface area contributed by atoms with Gasteiger partial charge in [-0.15, -0.1) is 0 Å². The average Bonchev–Trinajstić information content (AvgIpc) is 2.45. The smallest absolute Gasteiger partial charge is 0.0701 e. The SMILES string of the molecule is CCCOCCOCCN(P)CCOCCOCCC. The molecule has 0 aliphatic rings. The van der Waals surface area contributed by atoms with Gasteiger partial charge in [0.05, 0.1) is 39.6 Å². The zero-order valence-electron chi connectivity index (χ0n) is 13.1. The first-order valence-corrected chi connectivity index (χ1v) is 8.13. The highest BCUT2D eigenvalue weighted by atomic mass is 31.0. The van der Waals surface area contributed by atoms with Crippen molar-refractivity contribution in [2.45, 2.75) is 26.7 Å². The molecule has 0 rings (SSSR count). The van der Waals surface area contributed by atoms with Gasteiger partial charge in [-0.05, 0) is 12.8 Å². The predicted molar refractivity (Wildman–Crippen MR) is 85.1 cm³/mol. The third-order valence-electron chi connectivity index (χ3n) is 2.49. The van der Waals surface area contributed by atoms with Gasteiger partial charge < -0.3 is 18.9 Å². The Kier molecular flexibility index (Phi) is 17.5. The zero-order chi connectivity index (χ0) is 14.9. The third kappa shape index (κ3) is 16.3. The number of ether oxygens (including phenoxy) is 4. The fourth-order valence-electron chi connectivity index (χ4n) is 1.41. The summed E-state index contributed by atoms with van der Waals surface area (Å²) in [7, 11) is 2.70. The quantitative estimate of drug-likeness (QED) is 0.322. The molecule has 0 amide bonds. The Morgan fingerprint density at radius 1 is 0.600 bits per heavy atom. The summed E-state index contributed by atoms with van der Waals surface area (Å²) in [4.78, 5) is 0. The van der Waals surface area contributed by atoms with Crippen LogP contribution in [0.5, 0.6) is 0 Å². The number of nitrogens with zero attached hydrogens (tertiary/aromatic N) is 1. The summed E-state index contributed by atoms with van der Waals surface area (Å²) in [6, 6.07) is 0. The third-order valence-corrected chi connectivity index (χ3v) is 3.00. The molecule has 0 saturated heterocycles. The van der Waals surface area contributed by atoms with E-state index in [0.29, 0.717) is 26.4 Å². The van der Waals surface area contributed by atoms with E-state index in [1.165, 1.54) is 0 Å². The van der Waals surface area contributed by atoms with E-state index >= 15 is 0 Å². The van der Waals surface area contributed by atoms with Crippen LogP contribution in [0.3, 0.4) is 0 Å². The molecule has 0 radical (unpaired) electrons. The second kappa shape index (κ2) is 17.3. The van der Waals surface area contributed by atoms with Gasteiger partial charge in [0.25, 0.3) is 0 Å². The minimum atomic E-state index is 0.670. The van der Waals surface area contributed by atoms with Crippen molar-refractivity contribution in [3.8, 4) is 0 Å². The number of hydrogen-bond acceptors (Lipinski definition) is 5. The standard InChI is InChI=1S/C14H32NO4P/c1-3-7-16-11-13-18-9-5-15(20)6-10-19-14-12-17-8-4-2/h3-14,20H2,1-2H3. The first-order chi connectivity index (χ1) is 9.81. The van der Waals surface area contributed by atoms with Crippen LogP contribution in [0.25, 0.3) is 0 Å². The molecule has 0 fully saturated rings. The normalized spacial score (nSPS) is 11.4. The fourth-order valence-corrected chi connectivity index (χ4v) is 1.62. The second-order valence-electron chi connectivity index (χ2n) is 4.49. The molecular weight excluding hydrogens is 277 g/mol. The van der Waals surface area contributed by atoms with Gasteiger partial charge in [-0.3, -0.25) is 4.67 Å². The number of rotatable bonds is 16. The van der Waals surface area contributed by atoms with Crippen molar-refractivity contribution in [3.05, 3.63) is 0 Å². The van der Waals surface area contributed by atoms with Crippen LogP contribution in [0.15, 0.2) is 0 Å². The highest BCUT2D eigenvalue weighted by Crippen LogP contribution is 1.97. The topological polar surface area (TPSA) is 40.2 Å². The Morgan fingerprint density at radius 2 is 0.950 bits per heavy atom. The summed E-state index contributed by atoms with van der Waals surface area (Å²) in [5, 5.41) is 0. The Bertz CT molecular complexity index is 169. The maximum absolute atomic E-state index is 5.48. The Hall–Kier alpha value is 0.230. The van der Waals surface area contributed by atoms with Crippen molar-refractivity contribution in [1.82, 2.24) is 4.67 Å². The highest BCUT2D eigenvalue weighted by molar-refractivity contribution is 7.13. The summed E-state index contributed by atoms with van der Waals surface area (Å²) >= 11 is 0. The van der Waals surface area contributed by atoms with E-state index in [1.54, 1.807) is 0 Å². The minimum Gasteiger partial charge on any atom is -0.379 e. The van der Waals surface area contributed by atoms with Crippen molar-refractivity contribution in [3.63, 3.8) is 0 Å². The van der Waals surface area contributed by atoms with E-state index in [-0.39, 0.29) is 0 Å². The summed E-state index contributed by atoms with van der Waals surface area (Å²) < 4.78 is 23.8. The van der Waals surface area contributed by atoms with Gasteiger partial charge in [0.15, 0.2) is 0 Å².